The number of hydrogen-bond acceptors (Lipinski definition) is 6. The van der Waals surface area contributed by atoms with E-state index in [-0.39, 0.29) is 0 Å². The molecule has 0 fully saturated rings. The quantitative estimate of drug-likeness (QED) is 0.504. The van der Waals surface area contributed by atoms with Crippen molar-refractivity contribution in [3.05, 3.63) is 66.4 Å². The van der Waals surface area contributed by atoms with Crippen molar-refractivity contribution in [3.8, 4) is 5.75 Å². The molecule has 0 saturated carbocycles. The summed E-state index contributed by atoms with van der Waals surface area (Å²) in [6.45, 7) is 3.62. The fraction of sp³-hybridized carbons (Fsp3) is 0.286. The lowest BCUT2D eigenvalue weighted by molar-refractivity contribution is 0.306. The van der Waals surface area contributed by atoms with Crippen molar-refractivity contribution in [2.24, 2.45) is 0 Å². The fourth-order valence-corrected chi connectivity index (χ4v) is 2.54. The van der Waals surface area contributed by atoms with Crippen molar-refractivity contribution in [2.75, 3.05) is 17.2 Å². The molecule has 0 aliphatic heterocycles. The van der Waals surface area contributed by atoms with Gasteiger partial charge >= 0.3 is 0 Å². The monoisotopic (exact) mass is 363 g/mol. The van der Waals surface area contributed by atoms with Gasteiger partial charge in [0, 0.05) is 12.2 Å². The Bertz CT molecular complexity index is 808. The summed E-state index contributed by atoms with van der Waals surface area (Å²) in [5.74, 6) is 2.01. The molecular weight excluding hydrogens is 338 g/mol. The number of unbranched alkanes of at least 4 members (excludes halogenated alkanes) is 2. The SMILES string of the molecule is CCCCCNc1cnnc(Nc2ccc(OCc3ccccc3)cc2)n1. The van der Waals surface area contributed by atoms with Crippen LogP contribution in [0.1, 0.15) is 31.7 Å². The Morgan fingerprint density at radius 3 is 2.56 bits per heavy atom. The van der Waals surface area contributed by atoms with Gasteiger partial charge in [-0.05, 0) is 36.2 Å². The maximum Gasteiger partial charge on any atom is 0.249 e. The number of hydrogen-bond donors (Lipinski definition) is 2. The van der Waals surface area contributed by atoms with Crippen LogP contribution in [0.5, 0.6) is 5.75 Å². The number of nitrogens with zero attached hydrogens (tertiary/aromatic N) is 3. The first-order valence-corrected chi connectivity index (χ1v) is 9.31. The van der Waals surface area contributed by atoms with Crippen LogP contribution in [0.15, 0.2) is 60.8 Å². The molecule has 0 unspecified atom stereocenters. The van der Waals surface area contributed by atoms with Gasteiger partial charge in [-0.1, -0.05) is 50.1 Å². The van der Waals surface area contributed by atoms with Crippen LogP contribution in [0, 0.1) is 0 Å². The van der Waals surface area contributed by atoms with E-state index in [1.165, 1.54) is 12.8 Å². The van der Waals surface area contributed by atoms with Crippen LogP contribution in [0.4, 0.5) is 17.5 Å². The molecule has 0 atom stereocenters. The largest absolute Gasteiger partial charge is 0.489 e. The van der Waals surface area contributed by atoms with Crippen molar-refractivity contribution >= 4 is 17.5 Å². The summed E-state index contributed by atoms with van der Waals surface area (Å²) in [6, 6.07) is 17.8. The van der Waals surface area contributed by atoms with Crippen LogP contribution < -0.4 is 15.4 Å². The standard InChI is InChI=1S/C21H25N5O/c1-2-3-7-14-22-20-15-23-26-21(25-20)24-18-10-12-19(13-11-18)27-16-17-8-5-4-6-9-17/h4-6,8-13,15H,2-3,7,14,16H2,1H3,(H2,22,24,25,26). The van der Waals surface area contributed by atoms with E-state index in [4.69, 9.17) is 4.74 Å². The van der Waals surface area contributed by atoms with Crippen molar-refractivity contribution < 1.29 is 4.74 Å². The molecule has 0 spiro atoms. The van der Waals surface area contributed by atoms with Gasteiger partial charge in [0.2, 0.25) is 5.95 Å². The molecule has 3 aromatic rings. The molecule has 2 aromatic carbocycles. The van der Waals surface area contributed by atoms with Gasteiger partial charge in [0.05, 0.1) is 6.20 Å². The predicted molar refractivity (Wildman–Crippen MR) is 108 cm³/mol. The first-order valence-electron chi connectivity index (χ1n) is 9.31. The lowest BCUT2D eigenvalue weighted by atomic mass is 10.2. The van der Waals surface area contributed by atoms with Gasteiger partial charge in [-0.2, -0.15) is 10.1 Å². The molecule has 0 radical (unpaired) electrons. The third kappa shape index (κ3) is 6.26. The summed E-state index contributed by atoms with van der Waals surface area (Å²) >= 11 is 0. The predicted octanol–water partition coefficient (Wildman–Crippen LogP) is 4.80. The minimum absolute atomic E-state index is 0.466. The van der Waals surface area contributed by atoms with Crippen LogP contribution in [-0.2, 0) is 6.61 Å². The van der Waals surface area contributed by atoms with Crippen LogP contribution >= 0.6 is 0 Å². The van der Waals surface area contributed by atoms with Gasteiger partial charge in [-0.25, -0.2) is 0 Å². The summed E-state index contributed by atoms with van der Waals surface area (Å²) < 4.78 is 5.80. The normalized spacial score (nSPS) is 10.4. The van der Waals surface area contributed by atoms with Crippen molar-refractivity contribution in [1.29, 1.82) is 0 Å². The molecule has 0 aliphatic rings. The molecule has 0 bridgehead atoms. The van der Waals surface area contributed by atoms with E-state index >= 15 is 0 Å². The van der Waals surface area contributed by atoms with Gasteiger partial charge in [0.25, 0.3) is 0 Å². The van der Waals surface area contributed by atoms with Crippen molar-refractivity contribution in [3.63, 3.8) is 0 Å². The highest BCUT2D eigenvalue weighted by Gasteiger charge is 2.02. The number of ether oxygens (including phenoxy) is 1. The molecule has 2 N–H and O–H groups in total. The lowest BCUT2D eigenvalue weighted by Crippen LogP contribution is -2.06. The van der Waals surface area contributed by atoms with Gasteiger partial charge < -0.3 is 15.4 Å². The van der Waals surface area contributed by atoms with E-state index in [1.54, 1.807) is 6.20 Å². The van der Waals surface area contributed by atoms with E-state index in [9.17, 15) is 0 Å². The molecule has 1 heterocycles. The number of rotatable bonds is 10. The third-order valence-corrected chi connectivity index (χ3v) is 4.00. The third-order valence-electron chi connectivity index (χ3n) is 4.00. The van der Waals surface area contributed by atoms with Gasteiger partial charge in [0.15, 0.2) is 5.82 Å². The zero-order chi connectivity index (χ0) is 18.7. The Hall–Kier alpha value is -3.15. The Labute approximate surface area is 160 Å². The average Bonchev–Trinajstić information content (AvgIpc) is 2.72. The number of benzene rings is 2. The van der Waals surface area contributed by atoms with E-state index in [0.717, 1.165) is 35.8 Å². The van der Waals surface area contributed by atoms with Crippen LogP contribution in [-0.4, -0.2) is 21.7 Å². The molecule has 140 valence electrons. The highest BCUT2D eigenvalue weighted by molar-refractivity contribution is 5.55. The molecule has 0 saturated heterocycles. The number of aromatic nitrogens is 3. The molecular formula is C21H25N5O. The second-order valence-electron chi connectivity index (χ2n) is 6.22. The van der Waals surface area contributed by atoms with Crippen LogP contribution in [0.25, 0.3) is 0 Å². The van der Waals surface area contributed by atoms with E-state index in [2.05, 4.69) is 32.7 Å². The molecule has 0 amide bonds. The Kier molecular flexibility index (Phi) is 6.98. The summed E-state index contributed by atoms with van der Waals surface area (Å²) in [6.07, 6.45) is 5.15. The Morgan fingerprint density at radius 1 is 0.963 bits per heavy atom. The lowest BCUT2D eigenvalue weighted by Gasteiger charge is -2.09. The van der Waals surface area contributed by atoms with Crippen molar-refractivity contribution in [2.45, 2.75) is 32.8 Å². The Morgan fingerprint density at radius 2 is 1.78 bits per heavy atom. The topological polar surface area (TPSA) is 72.0 Å². The highest BCUT2D eigenvalue weighted by Crippen LogP contribution is 2.19. The number of anilines is 3. The van der Waals surface area contributed by atoms with Gasteiger partial charge in [-0.15, -0.1) is 5.10 Å². The minimum Gasteiger partial charge on any atom is -0.489 e. The maximum absolute atomic E-state index is 5.80. The summed E-state index contributed by atoms with van der Waals surface area (Å²) in [4.78, 5) is 4.44. The van der Waals surface area contributed by atoms with Crippen LogP contribution in [0.2, 0.25) is 0 Å². The summed E-state index contributed by atoms with van der Waals surface area (Å²) in [7, 11) is 0. The second-order valence-corrected chi connectivity index (χ2v) is 6.22. The molecule has 0 aliphatic carbocycles. The van der Waals surface area contributed by atoms with E-state index in [0.29, 0.717) is 12.6 Å². The highest BCUT2D eigenvalue weighted by atomic mass is 16.5. The molecule has 6 heteroatoms. The smallest absolute Gasteiger partial charge is 0.249 e. The Balaban J connectivity index is 1.52. The van der Waals surface area contributed by atoms with Gasteiger partial charge in [-0.3, -0.25) is 0 Å². The van der Waals surface area contributed by atoms with Crippen LogP contribution in [0.3, 0.4) is 0 Å². The maximum atomic E-state index is 5.80. The second kappa shape index (κ2) is 10.1. The average molecular weight is 363 g/mol. The fourth-order valence-electron chi connectivity index (χ4n) is 2.54. The van der Waals surface area contributed by atoms with Gasteiger partial charge in [0.1, 0.15) is 12.4 Å². The summed E-state index contributed by atoms with van der Waals surface area (Å²) in [5, 5.41) is 14.5. The number of nitrogens with one attached hydrogen (secondary N) is 2. The van der Waals surface area contributed by atoms with Crippen molar-refractivity contribution in [1.82, 2.24) is 15.2 Å². The molecule has 27 heavy (non-hydrogen) atoms. The molecule has 3 rings (SSSR count). The first kappa shape index (κ1) is 18.6. The molecule has 1 aromatic heterocycles. The zero-order valence-electron chi connectivity index (χ0n) is 15.6. The zero-order valence-corrected chi connectivity index (χ0v) is 15.6. The molecule has 6 nitrogen and oxygen atoms in total. The van der Waals surface area contributed by atoms with E-state index in [1.807, 2.05) is 54.6 Å². The first-order chi connectivity index (χ1) is 13.3. The summed E-state index contributed by atoms with van der Waals surface area (Å²) in [5.41, 5.74) is 2.02. The minimum atomic E-state index is 0.466. The van der Waals surface area contributed by atoms with E-state index < -0.39 is 0 Å².